The Morgan fingerprint density at radius 3 is 2.16 bits per heavy atom. The number of thiophene rings is 1. The molecule has 0 bridgehead atoms. The molecule has 2 aromatic rings. The van der Waals surface area contributed by atoms with Crippen LogP contribution in [-0.4, -0.2) is 38.8 Å². The number of carbonyl (C=O) groups excluding carboxylic acids is 2. The molecule has 1 amide bonds. The predicted octanol–water partition coefficient (Wildman–Crippen LogP) is 5.25. The van der Waals surface area contributed by atoms with Gasteiger partial charge in [-0.3, -0.25) is 4.79 Å². The number of nitrogens with one attached hydrogen (secondary N) is 1. The van der Waals surface area contributed by atoms with E-state index in [-0.39, 0.29) is 5.91 Å². The fourth-order valence-electron chi connectivity index (χ4n) is 3.84. The van der Waals surface area contributed by atoms with Crippen LogP contribution in [0.1, 0.15) is 71.2 Å². The van der Waals surface area contributed by atoms with Crippen LogP contribution in [0.2, 0.25) is 0 Å². The van der Waals surface area contributed by atoms with E-state index in [1.807, 2.05) is 20.8 Å². The van der Waals surface area contributed by atoms with E-state index < -0.39 is 5.97 Å². The van der Waals surface area contributed by atoms with Gasteiger partial charge < -0.3 is 24.3 Å². The number of rotatable bonds is 9. The Bertz CT molecular complexity index is 941. The van der Waals surface area contributed by atoms with Gasteiger partial charge in [0, 0.05) is 10.4 Å². The summed E-state index contributed by atoms with van der Waals surface area (Å²) in [5.74, 6) is 0.597. The standard InChI is InChI=1S/C24H31NO6S/c1-5-29-17-13-15(14-18(30-6-2)21(17)31-7-3)22(26)25-23-20(24(27)28-4)16-11-9-8-10-12-19(16)32-23/h13-14H,5-12H2,1-4H3,(H,25,26). The summed E-state index contributed by atoms with van der Waals surface area (Å²) in [7, 11) is 1.36. The molecule has 0 fully saturated rings. The van der Waals surface area contributed by atoms with E-state index in [1.165, 1.54) is 18.4 Å². The van der Waals surface area contributed by atoms with E-state index >= 15 is 0 Å². The lowest BCUT2D eigenvalue weighted by molar-refractivity contribution is 0.0601. The largest absolute Gasteiger partial charge is 0.490 e. The molecule has 3 rings (SSSR count). The van der Waals surface area contributed by atoms with Crippen molar-refractivity contribution in [1.29, 1.82) is 0 Å². The third-order valence-corrected chi connectivity index (χ3v) is 6.42. The minimum absolute atomic E-state index is 0.350. The Labute approximate surface area is 193 Å². The van der Waals surface area contributed by atoms with Crippen molar-refractivity contribution < 1.29 is 28.5 Å². The number of anilines is 1. The summed E-state index contributed by atoms with van der Waals surface area (Å²) < 4.78 is 22.2. The van der Waals surface area contributed by atoms with Crippen molar-refractivity contribution in [3.63, 3.8) is 0 Å². The maximum Gasteiger partial charge on any atom is 0.341 e. The van der Waals surface area contributed by atoms with Crippen LogP contribution in [0.15, 0.2) is 12.1 Å². The summed E-state index contributed by atoms with van der Waals surface area (Å²) in [5.41, 5.74) is 1.84. The van der Waals surface area contributed by atoms with E-state index in [4.69, 9.17) is 18.9 Å². The SMILES string of the molecule is CCOc1cc(C(=O)Nc2sc3c(c2C(=O)OC)CCCCC3)cc(OCC)c1OCC. The average molecular weight is 462 g/mol. The molecule has 1 heterocycles. The van der Waals surface area contributed by atoms with E-state index in [2.05, 4.69) is 5.32 Å². The topological polar surface area (TPSA) is 83.1 Å². The summed E-state index contributed by atoms with van der Waals surface area (Å²) in [6.07, 6.45) is 4.96. The van der Waals surface area contributed by atoms with Gasteiger partial charge >= 0.3 is 5.97 Å². The second-order valence-corrected chi connectivity index (χ2v) is 8.42. The molecule has 0 saturated heterocycles. The molecule has 7 nitrogen and oxygen atoms in total. The van der Waals surface area contributed by atoms with Crippen molar-refractivity contribution in [1.82, 2.24) is 0 Å². The third kappa shape index (κ3) is 5.18. The van der Waals surface area contributed by atoms with Crippen molar-refractivity contribution in [3.05, 3.63) is 33.7 Å². The number of esters is 1. The van der Waals surface area contributed by atoms with Gasteiger partial charge in [-0.15, -0.1) is 11.3 Å². The number of carbonyl (C=O) groups is 2. The molecule has 0 spiro atoms. The van der Waals surface area contributed by atoms with Crippen LogP contribution >= 0.6 is 11.3 Å². The highest BCUT2D eigenvalue weighted by Gasteiger charge is 2.27. The van der Waals surface area contributed by atoms with Gasteiger partial charge in [0.1, 0.15) is 5.00 Å². The van der Waals surface area contributed by atoms with E-state index in [0.29, 0.717) is 53.2 Å². The van der Waals surface area contributed by atoms with E-state index in [9.17, 15) is 9.59 Å². The zero-order chi connectivity index (χ0) is 23.1. The van der Waals surface area contributed by atoms with Crippen molar-refractivity contribution in [2.24, 2.45) is 0 Å². The average Bonchev–Trinajstić information content (AvgIpc) is 2.95. The van der Waals surface area contributed by atoms with E-state index in [1.54, 1.807) is 12.1 Å². The van der Waals surface area contributed by atoms with Gasteiger partial charge in [0.15, 0.2) is 11.5 Å². The lowest BCUT2D eigenvalue weighted by Crippen LogP contribution is -2.15. The molecule has 0 radical (unpaired) electrons. The number of hydrogen-bond acceptors (Lipinski definition) is 7. The van der Waals surface area contributed by atoms with Crippen LogP contribution in [-0.2, 0) is 17.6 Å². The summed E-state index contributed by atoms with van der Waals surface area (Å²) in [6.45, 7) is 6.88. The molecule has 1 N–H and O–H groups in total. The molecule has 1 aromatic heterocycles. The lowest BCUT2D eigenvalue weighted by atomic mass is 10.1. The zero-order valence-electron chi connectivity index (χ0n) is 19.2. The normalized spacial score (nSPS) is 13.0. The fourth-order valence-corrected chi connectivity index (χ4v) is 5.12. The molecule has 1 aliphatic rings. The Balaban J connectivity index is 1.99. The zero-order valence-corrected chi connectivity index (χ0v) is 20.0. The van der Waals surface area contributed by atoms with Gasteiger partial charge in [-0.2, -0.15) is 0 Å². The predicted molar refractivity (Wildman–Crippen MR) is 125 cm³/mol. The van der Waals surface area contributed by atoms with Crippen molar-refractivity contribution in [3.8, 4) is 17.2 Å². The van der Waals surface area contributed by atoms with Crippen molar-refractivity contribution in [2.45, 2.75) is 52.9 Å². The number of benzene rings is 1. The van der Waals surface area contributed by atoms with Crippen LogP contribution in [0.4, 0.5) is 5.00 Å². The maximum absolute atomic E-state index is 13.2. The van der Waals surface area contributed by atoms with Gasteiger partial charge in [-0.05, 0) is 64.2 Å². The van der Waals surface area contributed by atoms with Gasteiger partial charge in [-0.25, -0.2) is 4.79 Å². The lowest BCUT2D eigenvalue weighted by Gasteiger charge is -2.17. The molecule has 0 unspecified atom stereocenters. The first-order valence-electron chi connectivity index (χ1n) is 11.1. The van der Waals surface area contributed by atoms with Crippen LogP contribution in [0, 0.1) is 0 Å². The number of methoxy groups -OCH3 is 1. The monoisotopic (exact) mass is 461 g/mol. The van der Waals surface area contributed by atoms with Crippen LogP contribution in [0.25, 0.3) is 0 Å². The molecule has 1 aromatic carbocycles. The highest BCUT2D eigenvalue weighted by atomic mass is 32.1. The molecule has 174 valence electrons. The molecular formula is C24H31NO6S. The Kier molecular flexibility index (Phi) is 8.39. The van der Waals surface area contributed by atoms with Crippen LogP contribution in [0.5, 0.6) is 17.2 Å². The van der Waals surface area contributed by atoms with E-state index in [0.717, 1.165) is 42.5 Å². The van der Waals surface area contributed by atoms with Crippen LogP contribution < -0.4 is 19.5 Å². The van der Waals surface area contributed by atoms with Crippen molar-refractivity contribution in [2.75, 3.05) is 32.2 Å². The number of aryl methyl sites for hydroxylation is 1. The van der Waals surface area contributed by atoms with Crippen molar-refractivity contribution >= 4 is 28.2 Å². The third-order valence-electron chi connectivity index (χ3n) is 5.21. The minimum atomic E-state index is -0.420. The summed E-state index contributed by atoms with van der Waals surface area (Å²) in [4.78, 5) is 26.9. The number of amides is 1. The molecule has 0 atom stereocenters. The first-order valence-corrected chi connectivity index (χ1v) is 12.0. The first-order chi connectivity index (χ1) is 15.5. The first kappa shape index (κ1) is 23.9. The smallest absolute Gasteiger partial charge is 0.341 e. The Hall–Kier alpha value is -2.74. The minimum Gasteiger partial charge on any atom is -0.490 e. The summed E-state index contributed by atoms with van der Waals surface area (Å²) >= 11 is 1.46. The molecule has 8 heteroatoms. The van der Waals surface area contributed by atoms with Gasteiger partial charge in [0.05, 0.1) is 32.5 Å². The Morgan fingerprint density at radius 1 is 0.938 bits per heavy atom. The van der Waals surface area contributed by atoms with Gasteiger partial charge in [-0.1, -0.05) is 6.42 Å². The highest BCUT2D eigenvalue weighted by molar-refractivity contribution is 7.17. The second-order valence-electron chi connectivity index (χ2n) is 7.31. The maximum atomic E-state index is 13.2. The molecule has 1 aliphatic carbocycles. The Morgan fingerprint density at radius 2 is 1.56 bits per heavy atom. The number of hydrogen-bond donors (Lipinski definition) is 1. The summed E-state index contributed by atoms with van der Waals surface area (Å²) in [5, 5.41) is 3.46. The summed E-state index contributed by atoms with van der Waals surface area (Å²) in [6, 6.07) is 3.28. The highest BCUT2D eigenvalue weighted by Crippen LogP contribution is 2.41. The molecule has 0 aliphatic heterocycles. The second kappa shape index (κ2) is 11.2. The van der Waals surface area contributed by atoms with Gasteiger partial charge in [0.25, 0.3) is 5.91 Å². The molecular weight excluding hydrogens is 430 g/mol. The molecule has 32 heavy (non-hydrogen) atoms. The fraction of sp³-hybridized carbons (Fsp3) is 0.500. The molecule has 0 saturated carbocycles. The van der Waals surface area contributed by atoms with Crippen LogP contribution in [0.3, 0.4) is 0 Å². The quantitative estimate of drug-likeness (QED) is 0.406. The van der Waals surface area contributed by atoms with Gasteiger partial charge in [0.2, 0.25) is 5.75 Å². The number of ether oxygens (including phenoxy) is 4. The number of fused-ring (bicyclic) bond motifs is 1.